The first-order valence-corrected chi connectivity index (χ1v) is 3.43. The number of hydrogen-bond acceptors (Lipinski definition) is 4. The first-order valence-electron chi connectivity index (χ1n) is 3.43. The molecule has 6 heteroatoms. The van der Waals surface area contributed by atoms with E-state index in [0.29, 0.717) is 0 Å². The largest absolute Gasteiger partial charge is 0.481 e. The van der Waals surface area contributed by atoms with E-state index >= 15 is 0 Å². The van der Waals surface area contributed by atoms with Crippen LogP contribution in [-0.4, -0.2) is 38.7 Å². The van der Waals surface area contributed by atoms with Gasteiger partial charge >= 0.3 is 11.9 Å². The maximum absolute atomic E-state index is 10.4. The number of carboxylic acids is 2. The van der Waals surface area contributed by atoms with E-state index < -0.39 is 24.6 Å². The highest BCUT2D eigenvalue weighted by Crippen LogP contribution is 2.04. The van der Waals surface area contributed by atoms with E-state index in [9.17, 15) is 9.59 Å². The van der Waals surface area contributed by atoms with Crippen LogP contribution in [0.1, 0.15) is 12.8 Å². The number of aliphatic hydroxyl groups excluding tert-OH is 1. The van der Waals surface area contributed by atoms with Gasteiger partial charge in [0.2, 0.25) is 0 Å². The summed E-state index contributed by atoms with van der Waals surface area (Å²) < 4.78 is 0. The second-order valence-corrected chi connectivity index (χ2v) is 2.32. The van der Waals surface area contributed by atoms with Crippen molar-refractivity contribution in [3.05, 3.63) is 11.6 Å². The molecule has 0 saturated heterocycles. The van der Waals surface area contributed by atoms with Crippen molar-refractivity contribution in [3.8, 4) is 0 Å². The summed E-state index contributed by atoms with van der Waals surface area (Å²) in [6.07, 6.45) is -1.62. The summed E-state index contributed by atoms with van der Waals surface area (Å²) in [6, 6.07) is 0. The van der Waals surface area contributed by atoms with E-state index in [1.54, 1.807) is 0 Å². The Balaban J connectivity index is 4.32. The third-order valence-corrected chi connectivity index (χ3v) is 1.19. The molecule has 0 aliphatic heterocycles. The Morgan fingerprint density at radius 1 is 1.23 bits per heavy atom. The standard InChI is InChI=1S/C7H10O6/c8-5(9)2-1-4(7(12)13)3-6(10)11/h1,5,8-9H,2-3H2,(H,10,11)(H,12,13). The monoisotopic (exact) mass is 190 g/mol. The van der Waals surface area contributed by atoms with Gasteiger partial charge in [-0.05, 0) is 0 Å². The fourth-order valence-corrected chi connectivity index (χ4v) is 0.646. The Hall–Kier alpha value is -1.40. The molecule has 0 aromatic rings. The van der Waals surface area contributed by atoms with Crippen LogP contribution >= 0.6 is 0 Å². The second-order valence-electron chi connectivity index (χ2n) is 2.32. The Morgan fingerprint density at radius 2 is 1.77 bits per heavy atom. The highest BCUT2D eigenvalue weighted by molar-refractivity contribution is 5.91. The molecule has 0 fully saturated rings. The fourth-order valence-electron chi connectivity index (χ4n) is 0.646. The molecule has 13 heavy (non-hydrogen) atoms. The first-order chi connectivity index (χ1) is 5.93. The van der Waals surface area contributed by atoms with Crippen molar-refractivity contribution >= 4 is 11.9 Å². The summed E-state index contributed by atoms with van der Waals surface area (Å²) in [5, 5.41) is 33.5. The molecule has 0 unspecified atom stereocenters. The minimum atomic E-state index is -1.66. The minimum absolute atomic E-state index is 0.297. The summed E-state index contributed by atoms with van der Waals surface area (Å²) in [5.41, 5.74) is -0.361. The number of hydrogen-bond donors (Lipinski definition) is 4. The molecule has 0 bridgehead atoms. The number of carboxylic acid groups (broad SMARTS) is 2. The van der Waals surface area contributed by atoms with Gasteiger partial charge in [0.1, 0.15) is 0 Å². The predicted octanol–water partition coefficient (Wildman–Crippen LogP) is -0.827. The predicted molar refractivity (Wildman–Crippen MR) is 40.8 cm³/mol. The van der Waals surface area contributed by atoms with Crippen LogP contribution in [-0.2, 0) is 9.59 Å². The van der Waals surface area contributed by atoms with E-state index in [2.05, 4.69) is 0 Å². The number of aliphatic carboxylic acids is 2. The highest BCUT2D eigenvalue weighted by atomic mass is 16.5. The van der Waals surface area contributed by atoms with Crippen molar-refractivity contribution in [2.24, 2.45) is 0 Å². The summed E-state index contributed by atoms with van der Waals surface area (Å²) in [7, 11) is 0. The lowest BCUT2D eigenvalue weighted by Crippen LogP contribution is -2.09. The normalized spacial score (nSPS) is 11.8. The molecule has 74 valence electrons. The van der Waals surface area contributed by atoms with Crippen LogP contribution in [0.15, 0.2) is 11.6 Å². The lowest BCUT2D eigenvalue weighted by molar-refractivity contribution is -0.139. The number of aliphatic hydroxyl groups is 2. The van der Waals surface area contributed by atoms with Crippen molar-refractivity contribution in [2.45, 2.75) is 19.1 Å². The van der Waals surface area contributed by atoms with Crippen molar-refractivity contribution in [3.63, 3.8) is 0 Å². The molecule has 0 spiro atoms. The second kappa shape index (κ2) is 5.28. The number of carbonyl (C=O) groups is 2. The minimum Gasteiger partial charge on any atom is -0.481 e. The molecule has 0 aromatic heterocycles. The van der Waals surface area contributed by atoms with E-state index in [-0.39, 0.29) is 12.0 Å². The average molecular weight is 190 g/mol. The van der Waals surface area contributed by atoms with E-state index in [4.69, 9.17) is 20.4 Å². The van der Waals surface area contributed by atoms with Gasteiger partial charge in [0.05, 0.1) is 6.42 Å². The van der Waals surface area contributed by atoms with Gasteiger partial charge in [-0.15, -0.1) is 0 Å². The zero-order valence-corrected chi connectivity index (χ0v) is 6.67. The van der Waals surface area contributed by atoms with Gasteiger partial charge in [-0.1, -0.05) is 6.08 Å². The SMILES string of the molecule is O=C(O)CC(=CCC(O)O)C(=O)O. The Bertz CT molecular complexity index is 229. The van der Waals surface area contributed by atoms with Crippen LogP contribution < -0.4 is 0 Å². The summed E-state index contributed by atoms with van der Waals surface area (Å²) in [4.78, 5) is 20.5. The molecule has 0 aromatic carbocycles. The molecule has 0 aliphatic rings. The molecule has 0 atom stereocenters. The van der Waals surface area contributed by atoms with Crippen LogP contribution in [0.4, 0.5) is 0 Å². The average Bonchev–Trinajstić information content (AvgIpc) is 1.96. The summed E-state index contributed by atoms with van der Waals surface area (Å²) >= 11 is 0. The zero-order chi connectivity index (χ0) is 10.4. The van der Waals surface area contributed by atoms with Gasteiger partial charge in [0, 0.05) is 12.0 Å². The summed E-state index contributed by atoms with van der Waals surface area (Å²) in [6.45, 7) is 0. The van der Waals surface area contributed by atoms with Gasteiger partial charge in [-0.25, -0.2) is 4.79 Å². The number of rotatable bonds is 5. The van der Waals surface area contributed by atoms with Crippen molar-refractivity contribution < 1.29 is 30.0 Å². The highest BCUT2D eigenvalue weighted by Gasteiger charge is 2.11. The lowest BCUT2D eigenvalue weighted by Gasteiger charge is -2.00. The maximum Gasteiger partial charge on any atom is 0.331 e. The molecular formula is C7H10O6. The quantitative estimate of drug-likeness (QED) is 0.332. The van der Waals surface area contributed by atoms with Crippen molar-refractivity contribution in [1.82, 2.24) is 0 Å². The molecule has 0 heterocycles. The Labute approximate surface area is 73.7 Å². The lowest BCUT2D eigenvalue weighted by atomic mass is 10.1. The summed E-state index contributed by atoms with van der Waals surface area (Å²) in [5.74, 6) is -2.65. The smallest absolute Gasteiger partial charge is 0.331 e. The van der Waals surface area contributed by atoms with Crippen LogP contribution in [0, 0.1) is 0 Å². The topological polar surface area (TPSA) is 115 Å². The molecule has 6 nitrogen and oxygen atoms in total. The van der Waals surface area contributed by atoms with Gasteiger partial charge in [-0.3, -0.25) is 4.79 Å². The molecule has 0 amide bonds. The third-order valence-electron chi connectivity index (χ3n) is 1.19. The Morgan fingerprint density at radius 3 is 2.08 bits per heavy atom. The fraction of sp³-hybridized carbons (Fsp3) is 0.429. The van der Waals surface area contributed by atoms with Gasteiger partial charge in [-0.2, -0.15) is 0 Å². The molecule has 0 radical (unpaired) electrons. The van der Waals surface area contributed by atoms with Gasteiger partial charge in [0.15, 0.2) is 6.29 Å². The van der Waals surface area contributed by atoms with Crippen LogP contribution in [0.25, 0.3) is 0 Å². The maximum atomic E-state index is 10.4. The van der Waals surface area contributed by atoms with E-state index in [1.165, 1.54) is 0 Å². The van der Waals surface area contributed by atoms with E-state index in [0.717, 1.165) is 6.08 Å². The Kier molecular flexibility index (Phi) is 4.71. The molecular weight excluding hydrogens is 180 g/mol. The van der Waals surface area contributed by atoms with Crippen LogP contribution in [0.2, 0.25) is 0 Å². The molecule has 0 rings (SSSR count). The van der Waals surface area contributed by atoms with E-state index in [1.807, 2.05) is 0 Å². The molecule has 4 N–H and O–H groups in total. The van der Waals surface area contributed by atoms with Gasteiger partial charge < -0.3 is 20.4 Å². The molecule has 0 aliphatic carbocycles. The van der Waals surface area contributed by atoms with Crippen LogP contribution in [0.3, 0.4) is 0 Å². The third kappa shape index (κ3) is 5.83. The van der Waals surface area contributed by atoms with Crippen LogP contribution in [0.5, 0.6) is 0 Å². The molecule has 0 saturated carbocycles. The van der Waals surface area contributed by atoms with Crippen molar-refractivity contribution in [1.29, 1.82) is 0 Å². The zero-order valence-electron chi connectivity index (χ0n) is 6.67. The first kappa shape index (κ1) is 11.6. The van der Waals surface area contributed by atoms with Gasteiger partial charge in [0.25, 0.3) is 0 Å². The van der Waals surface area contributed by atoms with Crippen molar-refractivity contribution in [2.75, 3.05) is 0 Å².